The molecule has 0 saturated heterocycles. The van der Waals surface area contributed by atoms with Crippen molar-refractivity contribution in [2.24, 2.45) is 0 Å². The summed E-state index contributed by atoms with van der Waals surface area (Å²) in [5.41, 5.74) is -2.80. The van der Waals surface area contributed by atoms with Crippen molar-refractivity contribution in [2.45, 2.75) is 19.0 Å². The molecule has 0 aliphatic rings. The maximum atomic E-state index is 12.6. The van der Waals surface area contributed by atoms with Crippen LogP contribution in [-0.2, 0) is 22.1 Å². The second-order valence-corrected chi connectivity index (χ2v) is 4.21. The van der Waals surface area contributed by atoms with Crippen molar-refractivity contribution in [3.8, 4) is 0 Å². The SMILES string of the molecule is COC(=O)Cc1cc(C(F)F)nc(C(F)(F)F)c1Br. The van der Waals surface area contributed by atoms with Crippen molar-refractivity contribution in [1.29, 1.82) is 0 Å². The number of hydrogen-bond donors (Lipinski definition) is 0. The molecule has 19 heavy (non-hydrogen) atoms. The molecule has 9 heteroatoms. The highest BCUT2D eigenvalue weighted by molar-refractivity contribution is 9.10. The van der Waals surface area contributed by atoms with Crippen molar-refractivity contribution in [1.82, 2.24) is 4.98 Å². The zero-order chi connectivity index (χ0) is 14.8. The number of hydrogen-bond acceptors (Lipinski definition) is 3. The molecule has 0 bridgehead atoms. The van der Waals surface area contributed by atoms with Gasteiger partial charge in [0.05, 0.1) is 18.0 Å². The third-order valence-electron chi connectivity index (χ3n) is 2.11. The van der Waals surface area contributed by atoms with E-state index in [0.29, 0.717) is 0 Å². The first kappa shape index (κ1) is 15.8. The van der Waals surface area contributed by atoms with Gasteiger partial charge in [0, 0.05) is 0 Å². The summed E-state index contributed by atoms with van der Waals surface area (Å²) in [5.74, 6) is -0.847. The molecule has 0 saturated carbocycles. The van der Waals surface area contributed by atoms with Gasteiger partial charge >= 0.3 is 12.1 Å². The van der Waals surface area contributed by atoms with Gasteiger partial charge in [-0.2, -0.15) is 13.2 Å². The quantitative estimate of drug-likeness (QED) is 0.620. The van der Waals surface area contributed by atoms with Gasteiger partial charge in [0.2, 0.25) is 0 Å². The lowest BCUT2D eigenvalue weighted by atomic mass is 10.1. The van der Waals surface area contributed by atoms with E-state index in [9.17, 15) is 26.7 Å². The molecule has 0 radical (unpaired) electrons. The number of esters is 1. The number of carbonyl (C=O) groups is 1. The summed E-state index contributed by atoms with van der Waals surface area (Å²) < 4.78 is 66.7. The topological polar surface area (TPSA) is 39.2 Å². The van der Waals surface area contributed by atoms with E-state index in [-0.39, 0.29) is 5.56 Å². The van der Waals surface area contributed by atoms with Gasteiger partial charge in [0.25, 0.3) is 6.43 Å². The summed E-state index contributed by atoms with van der Waals surface area (Å²) >= 11 is 2.62. The van der Waals surface area contributed by atoms with Crippen LogP contribution in [0.3, 0.4) is 0 Å². The number of rotatable bonds is 3. The minimum atomic E-state index is -4.91. The van der Waals surface area contributed by atoms with E-state index < -0.39 is 40.9 Å². The molecule has 0 atom stereocenters. The largest absolute Gasteiger partial charge is 0.469 e. The number of pyridine rings is 1. The van der Waals surface area contributed by atoms with E-state index in [1.54, 1.807) is 0 Å². The van der Waals surface area contributed by atoms with Gasteiger partial charge < -0.3 is 4.74 Å². The lowest BCUT2D eigenvalue weighted by molar-refractivity contribution is -0.143. The zero-order valence-electron chi connectivity index (χ0n) is 9.39. The van der Waals surface area contributed by atoms with Crippen LogP contribution in [0.25, 0.3) is 0 Å². The number of methoxy groups -OCH3 is 1. The van der Waals surface area contributed by atoms with Gasteiger partial charge in [0.15, 0.2) is 5.69 Å². The van der Waals surface area contributed by atoms with Crippen molar-refractivity contribution in [3.05, 3.63) is 27.5 Å². The number of nitrogens with zero attached hydrogens (tertiary/aromatic N) is 1. The summed E-state index contributed by atoms with van der Waals surface area (Å²) in [6, 6.07) is 0.737. The standard InChI is InChI=1S/C10H7BrF5NO2/c1-19-6(18)3-4-2-5(9(12)13)17-8(7(4)11)10(14,15)16/h2,9H,3H2,1H3. The normalized spacial score (nSPS) is 11.8. The predicted molar refractivity (Wildman–Crippen MR) is 57.6 cm³/mol. The Labute approximate surface area is 112 Å². The zero-order valence-corrected chi connectivity index (χ0v) is 11.0. The molecule has 1 aromatic rings. The molecule has 0 aromatic carbocycles. The van der Waals surface area contributed by atoms with E-state index >= 15 is 0 Å². The summed E-state index contributed by atoms with van der Waals surface area (Å²) in [4.78, 5) is 13.9. The molecular weight excluding hydrogens is 341 g/mol. The van der Waals surface area contributed by atoms with Gasteiger partial charge in [-0.1, -0.05) is 0 Å². The predicted octanol–water partition coefficient (Wildman–Crippen LogP) is 3.52. The van der Waals surface area contributed by atoms with Gasteiger partial charge in [-0.15, -0.1) is 0 Å². The van der Waals surface area contributed by atoms with Crippen LogP contribution in [0.4, 0.5) is 22.0 Å². The third-order valence-corrected chi connectivity index (χ3v) is 2.99. The van der Waals surface area contributed by atoms with Gasteiger partial charge in [-0.25, -0.2) is 13.8 Å². The minimum Gasteiger partial charge on any atom is -0.469 e. The average Bonchev–Trinajstić information content (AvgIpc) is 2.29. The Balaban J connectivity index is 3.37. The van der Waals surface area contributed by atoms with E-state index in [2.05, 4.69) is 25.7 Å². The highest BCUT2D eigenvalue weighted by Gasteiger charge is 2.37. The maximum absolute atomic E-state index is 12.6. The second-order valence-electron chi connectivity index (χ2n) is 3.42. The van der Waals surface area contributed by atoms with Crippen molar-refractivity contribution < 1.29 is 31.5 Å². The van der Waals surface area contributed by atoms with Crippen molar-refractivity contribution in [2.75, 3.05) is 7.11 Å². The molecule has 0 unspecified atom stereocenters. The van der Waals surface area contributed by atoms with Crippen LogP contribution < -0.4 is 0 Å². The Bertz CT molecular complexity index is 490. The first-order valence-electron chi connectivity index (χ1n) is 4.78. The fraction of sp³-hybridized carbons (Fsp3) is 0.400. The number of halogens is 6. The summed E-state index contributed by atoms with van der Waals surface area (Å²) in [6.07, 6.45) is -8.65. The number of carbonyl (C=O) groups excluding carboxylic acids is 1. The van der Waals surface area contributed by atoms with Crippen LogP contribution in [0, 0.1) is 0 Å². The van der Waals surface area contributed by atoms with E-state index in [4.69, 9.17) is 0 Å². The Hall–Kier alpha value is -1.25. The van der Waals surface area contributed by atoms with Crippen LogP contribution in [-0.4, -0.2) is 18.1 Å². The number of aromatic nitrogens is 1. The molecule has 0 amide bonds. The minimum absolute atomic E-state index is 0.260. The number of alkyl halides is 5. The van der Waals surface area contributed by atoms with Crippen molar-refractivity contribution >= 4 is 21.9 Å². The van der Waals surface area contributed by atoms with Crippen LogP contribution in [0.15, 0.2) is 10.5 Å². The molecule has 0 N–H and O–H groups in total. The Kier molecular flexibility index (Phi) is 4.83. The highest BCUT2D eigenvalue weighted by Crippen LogP contribution is 2.37. The fourth-order valence-corrected chi connectivity index (χ4v) is 1.83. The molecule has 1 aromatic heterocycles. The summed E-state index contributed by atoms with van der Waals surface area (Å²) in [6.45, 7) is 0. The molecule has 0 fully saturated rings. The summed E-state index contributed by atoms with van der Waals surface area (Å²) in [7, 11) is 1.04. The van der Waals surface area contributed by atoms with E-state index in [1.807, 2.05) is 0 Å². The third kappa shape index (κ3) is 3.85. The monoisotopic (exact) mass is 347 g/mol. The van der Waals surface area contributed by atoms with Crippen LogP contribution in [0.5, 0.6) is 0 Å². The number of ether oxygens (including phenoxy) is 1. The van der Waals surface area contributed by atoms with Crippen LogP contribution in [0.1, 0.15) is 23.4 Å². The smallest absolute Gasteiger partial charge is 0.434 e. The highest BCUT2D eigenvalue weighted by atomic mass is 79.9. The first-order valence-corrected chi connectivity index (χ1v) is 5.57. The molecule has 0 aliphatic carbocycles. The molecule has 1 heterocycles. The fourth-order valence-electron chi connectivity index (χ4n) is 1.26. The van der Waals surface area contributed by atoms with Crippen molar-refractivity contribution in [3.63, 3.8) is 0 Å². The first-order chi connectivity index (χ1) is 8.66. The molecular formula is C10H7BrF5NO2. The Morgan fingerprint density at radius 2 is 2.05 bits per heavy atom. The maximum Gasteiger partial charge on any atom is 0.434 e. The van der Waals surface area contributed by atoms with Gasteiger partial charge in [-0.05, 0) is 27.6 Å². The summed E-state index contributed by atoms with van der Waals surface area (Å²) in [5, 5.41) is 0. The molecule has 0 spiro atoms. The van der Waals surface area contributed by atoms with E-state index in [0.717, 1.165) is 13.2 Å². The molecule has 106 valence electrons. The van der Waals surface area contributed by atoms with Crippen LogP contribution >= 0.6 is 15.9 Å². The Morgan fingerprint density at radius 1 is 1.47 bits per heavy atom. The molecule has 3 nitrogen and oxygen atoms in total. The van der Waals surface area contributed by atoms with E-state index in [1.165, 1.54) is 0 Å². The van der Waals surface area contributed by atoms with Gasteiger partial charge in [-0.3, -0.25) is 4.79 Å². The van der Waals surface area contributed by atoms with Crippen LogP contribution in [0.2, 0.25) is 0 Å². The lowest BCUT2D eigenvalue weighted by Crippen LogP contribution is -2.14. The average molecular weight is 348 g/mol. The second kappa shape index (κ2) is 5.81. The molecule has 1 rings (SSSR count). The Morgan fingerprint density at radius 3 is 2.47 bits per heavy atom. The van der Waals surface area contributed by atoms with Gasteiger partial charge in [0.1, 0.15) is 5.69 Å². The molecule has 0 aliphatic heterocycles. The lowest BCUT2D eigenvalue weighted by Gasteiger charge is -2.13.